The van der Waals surface area contributed by atoms with Crippen LogP contribution in [0.25, 0.3) is 10.9 Å². The van der Waals surface area contributed by atoms with E-state index in [9.17, 15) is 13.2 Å². The molecule has 0 fully saturated rings. The van der Waals surface area contributed by atoms with Gasteiger partial charge >= 0.3 is 0 Å². The van der Waals surface area contributed by atoms with Gasteiger partial charge in [0.2, 0.25) is 10.0 Å². The van der Waals surface area contributed by atoms with Crippen LogP contribution >= 0.6 is 0 Å². The van der Waals surface area contributed by atoms with Crippen molar-refractivity contribution in [2.75, 3.05) is 6.54 Å². The van der Waals surface area contributed by atoms with Crippen molar-refractivity contribution in [3.8, 4) is 0 Å². The molecule has 142 valence electrons. The Morgan fingerprint density at radius 2 is 1.63 bits per heavy atom. The summed E-state index contributed by atoms with van der Waals surface area (Å²) < 4.78 is 27.5. The first kappa shape index (κ1) is 19.3. The van der Waals surface area contributed by atoms with Crippen LogP contribution in [-0.4, -0.2) is 19.9 Å². The van der Waals surface area contributed by atoms with Crippen LogP contribution in [0.15, 0.2) is 46.1 Å². The Bertz CT molecular complexity index is 1180. The van der Waals surface area contributed by atoms with E-state index in [0.717, 1.165) is 33.2 Å². The fourth-order valence-corrected chi connectivity index (χ4v) is 4.16. The van der Waals surface area contributed by atoms with Gasteiger partial charge in [-0.1, -0.05) is 18.2 Å². The zero-order chi connectivity index (χ0) is 19.8. The van der Waals surface area contributed by atoms with Gasteiger partial charge in [-0.25, -0.2) is 13.1 Å². The molecule has 0 saturated carbocycles. The van der Waals surface area contributed by atoms with Gasteiger partial charge in [-0.05, 0) is 80.0 Å². The van der Waals surface area contributed by atoms with E-state index in [0.29, 0.717) is 12.0 Å². The maximum Gasteiger partial charge on any atom is 0.251 e. The van der Waals surface area contributed by atoms with Crippen LogP contribution in [-0.2, 0) is 16.4 Å². The first-order valence-electron chi connectivity index (χ1n) is 8.88. The van der Waals surface area contributed by atoms with E-state index in [2.05, 4.69) is 9.71 Å². The molecule has 0 radical (unpaired) electrons. The van der Waals surface area contributed by atoms with Crippen molar-refractivity contribution in [3.05, 3.63) is 74.6 Å². The highest BCUT2D eigenvalue weighted by Crippen LogP contribution is 2.19. The second-order valence-corrected chi connectivity index (χ2v) is 8.76. The summed E-state index contributed by atoms with van der Waals surface area (Å²) in [5.41, 5.74) is 5.35. The molecule has 0 aliphatic heterocycles. The average molecular weight is 385 g/mol. The van der Waals surface area contributed by atoms with Gasteiger partial charge in [-0.2, -0.15) is 0 Å². The van der Waals surface area contributed by atoms with Gasteiger partial charge < -0.3 is 4.98 Å². The molecular weight excluding hydrogens is 360 g/mol. The molecule has 0 atom stereocenters. The topological polar surface area (TPSA) is 79.0 Å². The summed E-state index contributed by atoms with van der Waals surface area (Å²) in [6, 6.07) is 10.9. The lowest BCUT2D eigenvalue weighted by molar-refractivity contribution is 0.581. The zero-order valence-electron chi connectivity index (χ0n) is 16.0. The number of benzene rings is 2. The fourth-order valence-electron chi connectivity index (χ4n) is 3.04. The zero-order valence-corrected chi connectivity index (χ0v) is 16.8. The predicted molar refractivity (Wildman–Crippen MR) is 109 cm³/mol. The molecule has 0 bridgehead atoms. The van der Waals surface area contributed by atoms with Gasteiger partial charge in [0.1, 0.15) is 0 Å². The maximum atomic E-state index is 12.5. The van der Waals surface area contributed by atoms with Crippen LogP contribution in [0.2, 0.25) is 0 Å². The highest BCUT2D eigenvalue weighted by molar-refractivity contribution is 7.89. The van der Waals surface area contributed by atoms with Crippen LogP contribution < -0.4 is 10.3 Å². The standard InChI is InChI=1S/C21H24N2O3S/c1-13-6-8-19(11-15(13)3)27(25,26)22-10-9-18-12-17-7-5-14(2)16(4)20(17)23-21(18)24/h5-8,11-12,22H,9-10H2,1-4H3,(H,23,24). The van der Waals surface area contributed by atoms with Crippen LogP contribution in [0.3, 0.4) is 0 Å². The summed E-state index contributed by atoms with van der Waals surface area (Å²) in [6.45, 7) is 7.96. The van der Waals surface area contributed by atoms with Crippen LogP contribution in [0.4, 0.5) is 0 Å². The van der Waals surface area contributed by atoms with Crippen molar-refractivity contribution in [1.82, 2.24) is 9.71 Å². The normalized spacial score (nSPS) is 11.9. The molecule has 6 heteroatoms. The minimum Gasteiger partial charge on any atom is -0.321 e. The number of nitrogens with one attached hydrogen (secondary N) is 2. The molecule has 3 rings (SSSR count). The lowest BCUT2D eigenvalue weighted by Crippen LogP contribution is -2.27. The molecule has 0 spiro atoms. The van der Waals surface area contributed by atoms with Crippen molar-refractivity contribution in [2.24, 2.45) is 0 Å². The number of rotatable bonds is 5. The number of H-pyrrole nitrogens is 1. The van der Waals surface area contributed by atoms with Crippen molar-refractivity contribution >= 4 is 20.9 Å². The van der Waals surface area contributed by atoms with E-state index in [1.165, 1.54) is 0 Å². The molecule has 0 amide bonds. The Morgan fingerprint density at radius 3 is 2.33 bits per heavy atom. The smallest absolute Gasteiger partial charge is 0.251 e. The lowest BCUT2D eigenvalue weighted by Gasteiger charge is -2.10. The number of aryl methyl sites for hydroxylation is 4. The predicted octanol–water partition coefficient (Wildman–Crippen LogP) is 3.28. The summed E-state index contributed by atoms with van der Waals surface area (Å²) in [4.78, 5) is 15.5. The fraction of sp³-hybridized carbons (Fsp3) is 0.286. The summed E-state index contributed by atoms with van der Waals surface area (Å²) in [7, 11) is -3.60. The quantitative estimate of drug-likeness (QED) is 0.708. The number of aromatic nitrogens is 1. The maximum absolute atomic E-state index is 12.5. The van der Waals surface area contributed by atoms with E-state index in [1.54, 1.807) is 18.2 Å². The van der Waals surface area contributed by atoms with Crippen LogP contribution in [0.1, 0.15) is 27.8 Å². The molecule has 0 aliphatic carbocycles. The summed E-state index contributed by atoms with van der Waals surface area (Å²) in [5.74, 6) is 0. The third-order valence-corrected chi connectivity index (χ3v) is 6.56. The Morgan fingerprint density at radius 1 is 0.926 bits per heavy atom. The molecule has 27 heavy (non-hydrogen) atoms. The summed E-state index contributed by atoms with van der Waals surface area (Å²) >= 11 is 0. The van der Waals surface area contributed by atoms with E-state index >= 15 is 0 Å². The van der Waals surface area contributed by atoms with Crippen molar-refractivity contribution in [1.29, 1.82) is 0 Å². The van der Waals surface area contributed by atoms with Gasteiger partial charge in [0, 0.05) is 12.1 Å². The van der Waals surface area contributed by atoms with Crippen LogP contribution in [0.5, 0.6) is 0 Å². The van der Waals surface area contributed by atoms with Gasteiger partial charge in [-0.3, -0.25) is 4.79 Å². The van der Waals surface area contributed by atoms with E-state index in [-0.39, 0.29) is 17.0 Å². The molecular formula is C21H24N2O3S. The number of fused-ring (bicyclic) bond motifs is 1. The molecule has 0 saturated heterocycles. The van der Waals surface area contributed by atoms with Gasteiger partial charge in [0.05, 0.1) is 10.4 Å². The number of hydrogen-bond donors (Lipinski definition) is 2. The Hall–Kier alpha value is -2.44. The highest BCUT2D eigenvalue weighted by atomic mass is 32.2. The van der Waals surface area contributed by atoms with E-state index in [1.807, 2.05) is 45.9 Å². The number of hydrogen-bond acceptors (Lipinski definition) is 3. The van der Waals surface area contributed by atoms with E-state index in [4.69, 9.17) is 0 Å². The largest absolute Gasteiger partial charge is 0.321 e. The molecule has 2 aromatic carbocycles. The highest BCUT2D eigenvalue weighted by Gasteiger charge is 2.15. The molecule has 1 aromatic heterocycles. The lowest BCUT2D eigenvalue weighted by atomic mass is 10.0. The molecule has 5 nitrogen and oxygen atoms in total. The average Bonchev–Trinajstić information content (AvgIpc) is 2.61. The molecule has 0 unspecified atom stereocenters. The van der Waals surface area contributed by atoms with Crippen LogP contribution in [0, 0.1) is 27.7 Å². The Balaban J connectivity index is 1.78. The van der Waals surface area contributed by atoms with Crippen molar-refractivity contribution in [3.63, 3.8) is 0 Å². The van der Waals surface area contributed by atoms with Gasteiger partial charge in [0.15, 0.2) is 0 Å². The first-order chi connectivity index (χ1) is 12.7. The summed E-state index contributed by atoms with van der Waals surface area (Å²) in [5, 5.41) is 0.949. The number of pyridine rings is 1. The molecule has 2 N–H and O–H groups in total. The van der Waals surface area contributed by atoms with Crippen molar-refractivity contribution in [2.45, 2.75) is 39.0 Å². The SMILES string of the molecule is Cc1ccc(S(=O)(=O)NCCc2cc3ccc(C)c(C)c3[nH]c2=O)cc1C. The Labute approximate surface area is 159 Å². The summed E-state index contributed by atoms with van der Waals surface area (Å²) in [6.07, 6.45) is 0.322. The van der Waals surface area contributed by atoms with Gasteiger partial charge in [-0.15, -0.1) is 0 Å². The van der Waals surface area contributed by atoms with Gasteiger partial charge in [0.25, 0.3) is 5.56 Å². The third kappa shape index (κ3) is 3.96. The second-order valence-electron chi connectivity index (χ2n) is 6.99. The molecule has 3 aromatic rings. The first-order valence-corrected chi connectivity index (χ1v) is 10.4. The van der Waals surface area contributed by atoms with Crippen molar-refractivity contribution < 1.29 is 8.42 Å². The molecule has 0 aliphatic rings. The minimum absolute atomic E-state index is 0.161. The number of aromatic amines is 1. The Kier molecular flexibility index (Phi) is 5.22. The van der Waals surface area contributed by atoms with E-state index < -0.39 is 10.0 Å². The number of sulfonamides is 1. The minimum atomic E-state index is -3.60. The second kappa shape index (κ2) is 7.29. The third-order valence-electron chi connectivity index (χ3n) is 5.10. The monoisotopic (exact) mass is 384 g/mol. The molecule has 1 heterocycles.